The maximum absolute atomic E-state index is 13.9. The zero-order valence-electron chi connectivity index (χ0n) is 23.3. The van der Waals surface area contributed by atoms with E-state index < -0.39 is 0 Å². The molecule has 2 heterocycles. The summed E-state index contributed by atoms with van der Waals surface area (Å²) in [6.45, 7) is 5.78. The number of benzene rings is 2. The third kappa shape index (κ3) is 6.11. The largest absolute Gasteiger partial charge is 0.507 e. The third-order valence-corrected chi connectivity index (χ3v) is 9.28. The first kappa shape index (κ1) is 28.7. The molecular weight excluding hydrogens is 558 g/mol. The van der Waals surface area contributed by atoms with Crippen molar-refractivity contribution in [3.63, 3.8) is 0 Å². The number of fused-ring (bicyclic) bond motifs is 3. The van der Waals surface area contributed by atoms with Crippen molar-refractivity contribution in [2.24, 2.45) is 5.10 Å². The maximum Gasteiger partial charge on any atom is 0.267 e. The number of hydrogen-bond acceptors (Lipinski definition) is 9. The van der Waals surface area contributed by atoms with Gasteiger partial charge in [-0.3, -0.25) is 14.2 Å². The SMILES string of the molecule is CCN(CC)c1ccc(C=NNC(=O)CSc2nc3sc4c(c3c(=O)n2-c2ccc(OC)cc2)CCCC4)c(O)c1. The number of phenols is 1. The van der Waals surface area contributed by atoms with Crippen molar-refractivity contribution >= 4 is 51.1 Å². The lowest BCUT2D eigenvalue weighted by Gasteiger charge is -2.21. The Morgan fingerprint density at radius 2 is 1.95 bits per heavy atom. The van der Waals surface area contributed by atoms with E-state index in [0.29, 0.717) is 27.5 Å². The zero-order valence-corrected chi connectivity index (χ0v) is 25.0. The number of hydrogen-bond donors (Lipinski definition) is 2. The number of amides is 1. The van der Waals surface area contributed by atoms with Crippen LogP contribution in [0.2, 0.25) is 0 Å². The quantitative estimate of drug-likeness (QED) is 0.114. The Hall–Kier alpha value is -3.83. The van der Waals surface area contributed by atoms with E-state index in [2.05, 4.69) is 29.3 Å². The predicted octanol–water partition coefficient (Wildman–Crippen LogP) is 5.13. The molecule has 41 heavy (non-hydrogen) atoms. The number of nitrogens with zero attached hydrogens (tertiary/aromatic N) is 4. The number of ether oxygens (including phenoxy) is 1. The molecule has 214 valence electrons. The predicted molar refractivity (Wildman–Crippen MR) is 167 cm³/mol. The first-order valence-electron chi connectivity index (χ1n) is 13.7. The van der Waals surface area contributed by atoms with E-state index in [0.717, 1.165) is 54.9 Å². The first-order chi connectivity index (χ1) is 19.9. The van der Waals surface area contributed by atoms with Crippen LogP contribution in [0.1, 0.15) is 42.7 Å². The Labute approximate surface area is 246 Å². The zero-order chi connectivity index (χ0) is 28.9. The topological polar surface area (TPSA) is 109 Å². The molecular formula is C30H33N5O4S2. The molecule has 0 fully saturated rings. The Morgan fingerprint density at radius 1 is 1.20 bits per heavy atom. The Bertz CT molecular complexity index is 1640. The number of thioether (sulfide) groups is 1. The van der Waals surface area contributed by atoms with E-state index in [1.165, 1.54) is 22.9 Å². The van der Waals surface area contributed by atoms with Gasteiger partial charge in [-0.25, -0.2) is 10.4 Å². The standard InChI is InChI=1S/C30H33N5O4S2/c1-4-34(5-2)21-11-10-19(24(36)16-21)17-31-33-26(37)18-40-30-32-28-27(23-8-6-7-9-25(23)41-28)29(38)35(30)20-12-14-22(39-3)15-13-20/h10-17,36H,4-9,18H2,1-3H3,(H,33,37). The van der Waals surface area contributed by atoms with Crippen molar-refractivity contribution in [3.05, 3.63) is 68.8 Å². The van der Waals surface area contributed by atoms with E-state index in [-0.39, 0.29) is 23.0 Å². The van der Waals surface area contributed by atoms with Crippen LogP contribution in [0.4, 0.5) is 5.69 Å². The molecule has 1 aliphatic rings. The van der Waals surface area contributed by atoms with Gasteiger partial charge in [0.2, 0.25) is 0 Å². The Morgan fingerprint density at radius 3 is 2.66 bits per heavy atom. The molecule has 11 heteroatoms. The number of anilines is 1. The number of nitrogens with one attached hydrogen (secondary N) is 1. The van der Waals surface area contributed by atoms with Crippen LogP contribution in [-0.4, -0.2) is 52.7 Å². The van der Waals surface area contributed by atoms with Crippen molar-refractivity contribution < 1.29 is 14.6 Å². The highest BCUT2D eigenvalue weighted by molar-refractivity contribution is 7.99. The molecule has 4 aromatic rings. The van der Waals surface area contributed by atoms with Crippen LogP contribution in [0.25, 0.3) is 15.9 Å². The highest BCUT2D eigenvalue weighted by Crippen LogP contribution is 2.35. The molecule has 0 saturated carbocycles. The summed E-state index contributed by atoms with van der Waals surface area (Å²) in [4.78, 5) is 35.5. The molecule has 1 aliphatic carbocycles. The molecule has 5 rings (SSSR count). The van der Waals surface area contributed by atoms with Gasteiger partial charge in [-0.2, -0.15) is 5.10 Å². The Balaban J connectivity index is 1.36. The highest BCUT2D eigenvalue weighted by Gasteiger charge is 2.23. The first-order valence-corrected chi connectivity index (χ1v) is 15.5. The number of thiophene rings is 1. The maximum atomic E-state index is 13.9. The normalized spacial score (nSPS) is 13.0. The molecule has 2 N–H and O–H groups in total. The number of methoxy groups -OCH3 is 1. The average Bonchev–Trinajstić information content (AvgIpc) is 3.36. The second-order valence-electron chi connectivity index (χ2n) is 9.62. The minimum atomic E-state index is -0.355. The van der Waals surface area contributed by atoms with Crippen LogP contribution in [0.5, 0.6) is 11.5 Å². The number of carbonyl (C=O) groups is 1. The van der Waals surface area contributed by atoms with Gasteiger partial charge >= 0.3 is 0 Å². The second kappa shape index (κ2) is 12.8. The van der Waals surface area contributed by atoms with Crippen LogP contribution in [0, 0.1) is 0 Å². The summed E-state index contributed by atoms with van der Waals surface area (Å²) in [6, 6.07) is 12.6. The van der Waals surface area contributed by atoms with E-state index >= 15 is 0 Å². The summed E-state index contributed by atoms with van der Waals surface area (Å²) in [5.74, 6) is 0.417. The average molecular weight is 592 g/mol. The van der Waals surface area contributed by atoms with E-state index in [9.17, 15) is 14.7 Å². The van der Waals surface area contributed by atoms with Crippen LogP contribution in [0.15, 0.2) is 57.5 Å². The Kier molecular flexibility index (Phi) is 8.94. The molecule has 0 bridgehead atoms. The molecule has 0 unspecified atom stereocenters. The number of carbonyl (C=O) groups excluding carboxylic acids is 1. The smallest absolute Gasteiger partial charge is 0.267 e. The fourth-order valence-electron chi connectivity index (χ4n) is 5.00. The number of aromatic hydroxyl groups is 1. The lowest BCUT2D eigenvalue weighted by Crippen LogP contribution is -2.24. The van der Waals surface area contributed by atoms with Crippen LogP contribution < -0.4 is 20.6 Å². The monoisotopic (exact) mass is 591 g/mol. The minimum Gasteiger partial charge on any atom is -0.507 e. The van der Waals surface area contributed by atoms with Gasteiger partial charge in [0, 0.05) is 35.3 Å². The molecule has 0 spiro atoms. The number of hydrazone groups is 1. The van der Waals surface area contributed by atoms with Crippen molar-refractivity contribution in [2.75, 3.05) is 30.9 Å². The number of aromatic nitrogens is 2. The molecule has 0 saturated heterocycles. The summed E-state index contributed by atoms with van der Waals surface area (Å²) in [6.07, 6.45) is 5.45. The number of rotatable bonds is 10. The number of aryl methyl sites for hydroxylation is 2. The lowest BCUT2D eigenvalue weighted by molar-refractivity contribution is -0.118. The lowest BCUT2D eigenvalue weighted by atomic mass is 9.97. The summed E-state index contributed by atoms with van der Waals surface area (Å²) in [5, 5.41) is 15.6. The van der Waals surface area contributed by atoms with Crippen LogP contribution in [0.3, 0.4) is 0 Å². The van der Waals surface area contributed by atoms with Gasteiger partial charge in [0.05, 0.1) is 30.2 Å². The van der Waals surface area contributed by atoms with Crippen LogP contribution >= 0.6 is 23.1 Å². The van der Waals surface area contributed by atoms with Crippen molar-refractivity contribution in [3.8, 4) is 17.2 Å². The van der Waals surface area contributed by atoms with Gasteiger partial charge in [0.15, 0.2) is 5.16 Å². The van der Waals surface area contributed by atoms with Crippen LogP contribution in [-0.2, 0) is 17.6 Å². The van der Waals surface area contributed by atoms with E-state index in [1.807, 2.05) is 18.2 Å². The highest BCUT2D eigenvalue weighted by atomic mass is 32.2. The van der Waals surface area contributed by atoms with Crippen molar-refractivity contribution in [2.45, 2.75) is 44.7 Å². The second-order valence-corrected chi connectivity index (χ2v) is 11.6. The summed E-state index contributed by atoms with van der Waals surface area (Å²) in [5.41, 5.74) is 5.59. The fraction of sp³-hybridized carbons (Fsp3) is 0.333. The summed E-state index contributed by atoms with van der Waals surface area (Å²) in [7, 11) is 1.59. The minimum absolute atomic E-state index is 0.00338. The molecule has 0 aliphatic heterocycles. The molecule has 2 aromatic heterocycles. The van der Waals surface area contributed by atoms with Crippen molar-refractivity contribution in [1.82, 2.24) is 15.0 Å². The molecule has 2 aromatic carbocycles. The van der Waals surface area contributed by atoms with Gasteiger partial charge in [0.25, 0.3) is 11.5 Å². The molecule has 1 amide bonds. The number of phenolic OH excluding ortho intramolecular Hbond substituents is 1. The van der Waals surface area contributed by atoms with Gasteiger partial charge in [-0.15, -0.1) is 11.3 Å². The van der Waals surface area contributed by atoms with Crippen molar-refractivity contribution in [1.29, 1.82) is 0 Å². The molecule has 9 nitrogen and oxygen atoms in total. The van der Waals surface area contributed by atoms with E-state index in [4.69, 9.17) is 9.72 Å². The molecule has 0 atom stereocenters. The van der Waals surface area contributed by atoms with Gasteiger partial charge in [0.1, 0.15) is 16.3 Å². The van der Waals surface area contributed by atoms with E-state index in [1.54, 1.807) is 47.3 Å². The van der Waals surface area contributed by atoms with Gasteiger partial charge in [-0.1, -0.05) is 11.8 Å². The summed E-state index contributed by atoms with van der Waals surface area (Å²) < 4.78 is 6.87. The third-order valence-electron chi connectivity index (χ3n) is 7.16. The summed E-state index contributed by atoms with van der Waals surface area (Å²) >= 11 is 2.76. The van der Waals surface area contributed by atoms with Gasteiger partial charge in [-0.05, 0) is 81.5 Å². The van der Waals surface area contributed by atoms with Gasteiger partial charge < -0.3 is 14.7 Å². The fourth-order valence-corrected chi connectivity index (χ4v) is 7.11. The molecule has 0 radical (unpaired) electrons.